The van der Waals surface area contributed by atoms with Crippen LogP contribution >= 0.6 is 22.6 Å². The van der Waals surface area contributed by atoms with Crippen molar-refractivity contribution in [2.45, 2.75) is 0 Å². The van der Waals surface area contributed by atoms with Crippen LogP contribution in [0.2, 0.25) is 0 Å². The Balaban J connectivity index is 2.68. The van der Waals surface area contributed by atoms with Crippen molar-refractivity contribution in [1.82, 2.24) is 4.98 Å². The predicted molar refractivity (Wildman–Crippen MR) is 53.4 cm³/mol. The molecule has 0 fully saturated rings. The fourth-order valence-electron chi connectivity index (χ4n) is 0.964. The molecule has 0 atom stereocenters. The number of fused-ring (bicyclic) bond motifs is 1. The second-order valence-corrected chi connectivity index (χ2v) is 3.61. The normalized spacial score (nSPS) is 10.5. The maximum absolute atomic E-state index is 10.3. The second-order valence-electron chi connectivity index (χ2n) is 2.37. The first-order valence-electron chi connectivity index (χ1n) is 3.37. The zero-order valence-corrected chi connectivity index (χ0v) is 8.39. The molecule has 0 amide bonds. The van der Waals surface area contributed by atoms with Crippen LogP contribution in [0.3, 0.4) is 0 Å². The van der Waals surface area contributed by atoms with Crippen LogP contribution in [0.4, 0.5) is 6.01 Å². The summed E-state index contributed by atoms with van der Waals surface area (Å²) in [4.78, 5) is 13.3. The van der Waals surface area contributed by atoms with Gasteiger partial charge in [-0.15, -0.1) is 0 Å². The standard InChI is InChI=1S/C7H3IN2O3/c8-4-1-2-5-6(3-4)13-7(9-5)10(11)12/h1-3H. The van der Waals surface area contributed by atoms with Crippen molar-refractivity contribution in [3.63, 3.8) is 0 Å². The molecule has 1 heterocycles. The summed E-state index contributed by atoms with van der Waals surface area (Å²) in [5, 5.41) is 10.3. The minimum absolute atomic E-state index is 0.443. The van der Waals surface area contributed by atoms with Gasteiger partial charge in [0.05, 0.1) is 0 Å². The fourth-order valence-corrected chi connectivity index (χ4v) is 1.43. The van der Waals surface area contributed by atoms with Gasteiger partial charge in [-0.2, -0.15) is 0 Å². The molecule has 0 radical (unpaired) electrons. The lowest BCUT2D eigenvalue weighted by Crippen LogP contribution is -1.85. The molecule has 13 heavy (non-hydrogen) atoms. The van der Waals surface area contributed by atoms with Crippen LogP contribution in [0, 0.1) is 13.7 Å². The van der Waals surface area contributed by atoms with Crippen molar-refractivity contribution in [2.24, 2.45) is 0 Å². The smallest absolute Gasteiger partial charge is 0.381 e. The van der Waals surface area contributed by atoms with Crippen molar-refractivity contribution in [3.8, 4) is 0 Å². The van der Waals surface area contributed by atoms with Gasteiger partial charge in [0.2, 0.25) is 5.52 Å². The van der Waals surface area contributed by atoms with E-state index in [1.165, 1.54) is 0 Å². The number of halogens is 1. The van der Waals surface area contributed by atoms with E-state index in [4.69, 9.17) is 4.42 Å². The summed E-state index contributed by atoms with van der Waals surface area (Å²) in [6.07, 6.45) is 0. The van der Waals surface area contributed by atoms with E-state index >= 15 is 0 Å². The van der Waals surface area contributed by atoms with Gasteiger partial charge in [0.25, 0.3) is 0 Å². The Hall–Kier alpha value is -1.18. The number of benzene rings is 1. The van der Waals surface area contributed by atoms with Crippen LogP contribution in [0.1, 0.15) is 0 Å². The lowest BCUT2D eigenvalue weighted by atomic mass is 10.3. The predicted octanol–water partition coefficient (Wildman–Crippen LogP) is 2.34. The highest BCUT2D eigenvalue weighted by Gasteiger charge is 2.16. The summed E-state index contributed by atoms with van der Waals surface area (Å²) in [6.45, 7) is 0. The first-order valence-corrected chi connectivity index (χ1v) is 4.45. The Kier molecular flexibility index (Phi) is 1.91. The topological polar surface area (TPSA) is 69.2 Å². The molecule has 0 spiro atoms. The number of hydrogen-bond acceptors (Lipinski definition) is 4. The van der Waals surface area contributed by atoms with Crippen molar-refractivity contribution in [3.05, 3.63) is 31.9 Å². The quantitative estimate of drug-likeness (QED) is 0.459. The molecule has 0 aliphatic rings. The number of rotatable bonds is 1. The van der Waals surface area contributed by atoms with Crippen molar-refractivity contribution < 1.29 is 9.34 Å². The van der Waals surface area contributed by atoms with Crippen molar-refractivity contribution >= 4 is 39.7 Å². The molecule has 66 valence electrons. The van der Waals surface area contributed by atoms with Gasteiger partial charge < -0.3 is 14.5 Å². The van der Waals surface area contributed by atoms with E-state index in [1.54, 1.807) is 12.1 Å². The van der Waals surface area contributed by atoms with Crippen LogP contribution in [0.15, 0.2) is 22.6 Å². The molecule has 2 rings (SSSR count). The molecule has 1 aromatic carbocycles. The van der Waals surface area contributed by atoms with Crippen LogP contribution in [-0.4, -0.2) is 9.91 Å². The molecule has 0 saturated heterocycles. The monoisotopic (exact) mass is 290 g/mol. The van der Waals surface area contributed by atoms with Gasteiger partial charge >= 0.3 is 6.01 Å². The number of oxazole rings is 1. The third-order valence-electron chi connectivity index (χ3n) is 1.50. The summed E-state index contributed by atoms with van der Waals surface area (Å²) >= 11 is 2.10. The summed E-state index contributed by atoms with van der Waals surface area (Å²) < 4.78 is 5.85. The molecule has 6 heteroatoms. The molecular formula is C7H3IN2O3. The lowest BCUT2D eigenvalue weighted by Gasteiger charge is -1.84. The molecule has 0 unspecified atom stereocenters. The minimum Gasteiger partial charge on any atom is -0.381 e. The summed E-state index contributed by atoms with van der Waals surface area (Å²) in [5.74, 6) is 0. The van der Waals surface area contributed by atoms with Crippen LogP contribution < -0.4 is 0 Å². The summed E-state index contributed by atoms with van der Waals surface area (Å²) in [6, 6.07) is 4.75. The van der Waals surface area contributed by atoms with Crippen molar-refractivity contribution in [1.29, 1.82) is 0 Å². The second kappa shape index (κ2) is 2.95. The van der Waals surface area contributed by atoms with E-state index in [1.807, 2.05) is 6.07 Å². The van der Waals surface area contributed by atoms with E-state index in [0.717, 1.165) is 3.57 Å². The van der Waals surface area contributed by atoms with E-state index in [2.05, 4.69) is 27.6 Å². The molecule has 0 bridgehead atoms. The first kappa shape index (κ1) is 8.42. The average molecular weight is 290 g/mol. The van der Waals surface area contributed by atoms with Crippen LogP contribution in [-0.2, 0) is 0 Å². The minimum atomic E-state index is -0.646. The molecule has 5 nitrogen and oxygen atoms in total. The van der Waals surface area contributed by atoms with E-state index in [9.17, 15) is 10.1 Å². The van der Waals surface area contributed by atoms with Gasteiger partial charge in [0.1, 0.15) is 0 Å². The SMILES string of the molecule is O=[N+]([O-])c1nc2ccc(I)cc2o1. The molecular weight excluding hydrogens is 287 g/mol. The molecule has 0 saturated carbocycles. The van der Waals surface area contributed by atoms with Gasteiger partial charge in [-0.1, -0.05) is 0 Å². The van der Waals surface area contributed by atoms with Gasteiger partial charge in [-0.05, 0) is 40.8 Å². The molecule has 0 N–H and O–H groups in total. The Morgan fingerprint density at radius 2 is 2.31 bits per heavy atom. The van der Waals surface area contributed by atoms with E-state index < -0.39 is 10.9 Å². The van der Waals surface area contributed by atoms with Gasteiger partial charge in [-0.3, -0.25) is 0 Å². The molecule has 0 aliphatic carbocycles. The average Bonchev–Trinajstić information content (AvgIpc) is 2.46. The fraction of sp³-hybridized carbons (Fsp3) is 0. The van der Waals surface area contributed by atoms with Gasteiger partial charge in [0, 0.05) is 13.5 Å². The maximum atomic E-state index is 10.3. The zero-order valence-electron chi connectivity index (χ0n) is 6.23. The third-order valence-corrected chi connectivity index (χ3v) is 2.17. The summed E-state index contributed by atoms with van der Waals surface area (Å²) in [7, 11) is 0. The number of hydrogen-bond donors (Lipinski definition) is 0. The highest BCUT2D eigenvalue weighted by atomic mass is 127. The molecule has 2 aromatic rings. The zero-order chi connectivity index (χ0) is 9.42. The number of nitro groups is 1. The third kappa shape index (κ3) is 1.48. The Labute approximate surface area is 86.0 Å². The van der Waals surface area contributed by atoms with E-state index in [0.29, 0.717) is 11.1 Å². The summed E-state index contributed by atoms with van der Waals surface area (Å²) in [5.41, 5.74) is 0.950. The van der Waals surface area contributed by atoms with Crippen LogP contribution in [0.25, 0.3) is 11.1 Å². The molecule has 0 aliphatic heterocycles. The first-order chi connectivity index (χ1) is 6.16. The van der Waals surface area contributed by atoms with Crippen molar-refractivity contribution in [2.75, 3.05) is 0 Å². The number of nitrogens with zero attached hydrogens (tertiary/aromatic N) is 2. The Morgan fingerprint density at radius 1 is 1.54 bits per heavy atom. The van der Waals surface area contributed by atoms with E-state index in [-0.39, 0.29) is 0 Å². The van der Waals surface area contributed by atoms with Crippen LogP contribution in [0.5, 0.6) is 0 Å². The molecule has 1 aromatic heterocycles. The van der Waals surface area contributed by atoms with Gasteiger partial charge in [-0.25, -0.2) is 0 Å². The largest absolute Gasteiger partial charge is 0.546 e. The Morgan fingerprint density at radius 3 is 3.00 bits per heavy atom. The lowest BCUT2D eigenvalue weighted by molar-refractivity contribution is -0.406. The highest BCUT2D eigenvalue weighted by molar-refractivity contribution is 14.1. The Bertz CT molecular complexity index is 480. The van der Waals surface area contributed by atoms with Gasteiger partial charge in [0.15, 0.2) is 5.58 Å². The highest BCUT2D eigenvalue weighted by Crippen LogP contribution is 2.21. The maximum Gasteiger partial charge on any atom is 0.546 e. The number of aromatic nitrogens is 1.